The third kappa shape index (κ3) is 8.20. The van der Waals surface area contributed by atoms with Gasteiger partial charge in [0.05, 0.1) is 0 Å². The molecule has 0 spiro atoms. The average molecular weight is 370 g/mol. The summed E-state index contributed by atoms with van der Waals surface area (Å²) >= 11 is 0. The van der Waals surface area contributed by atoms with Crippen LogP contribution in [0, 0.1) is 0 Å². The molecule has 4 nitrogen and oxygen atoms in total. The van der Waals surface area contributed by atoms with Crippen LogP contribution in [0.25, 0.3) is 0 Å². The van der Waals surface area contributed by atoms with Crippen molar-refractivity contribution in [1.82, 2.24) is 5.32 Å². The molecule has 1 unspecified atom stereocenters. The van der Waals surface area contributed by atoms with Crippen molar-refractivity contribution in [1.29, 1.82) is 0 Å². The molecule has 0 bridgehead atoms. The van der Waals surface area contributed by atoms with Gasteiger partial charge < -0.3 is 16.4 Å². The molecule has 2 aromatic carbocycles. The highest BCUT2D eigenvalue weighted by atomic mass is 35.5. The number of nitrogens with one attached hydrogen (secondary N) is 2. The van der Waals surface area contributed by atoms with Crippen LogP contribution in [-0.2, 0) is 4.79 Å². The predicted molar refractivity (Wildman–Crippen MR) is 105 cm³/mol. The molecule has 0 aliphatic heterocycles. The number of hydrogen-bond acceptors (Lipinski definition) is 3. The van der Waals surface area contributed by atoms with Crippen molar-refractivity contribution in [2.75, 3.05) is 18.4 Å². The number of anilines is 1. The lowest BCUT2D eigenvalue weighted by molar-refractivity contribution is -0.121. The van der Waals surface area contributed by atoms with Crippen molar-refractivity contribution in [2.45, 2.75) is 18.9 Å². The molecule has 2 aromatic rings. The van der Waals surface area contributed by atoms with E-state index in [9.17, 15) is 4.79 Å². The van der Waals surface area contributed by atoms with Crippen LogP contribution >= 0.6 is 24.8 Å². The molecular weight excluding hydrogens is 345 g/mol. The summed E-state index contributed by atoms with van der Waals surface area (Å²) in [6.45, 7) is 1.48. The normalized spacial score (nSPS) is 10.7. The Hall–Kier alpha value is -1.75. The third-order valence-electron chi connectivity index (χ3n) is 3.41. The first kappa shape index (κ1) is 22.2. The predicted octanol–water partition coefficient (Wildman–Crippen LogP) is 3.54. The Balaban J connectivity index is 0.00000264. The van der Waals surface area contributed by atoms with Gasteiger partial charge in [0.1, 0.15) is 0 Å². The minimum atomic E-state index is -0.247. The smallest absolute Gasteiger partial charge is 0.221 e. The number of halogens is 2. The fourth-order valence-electron chi connectivity index (χ4n) is 2.19. The van der Waals surface area contributed by atoms with Gasteiger partial charge in [0, 0.05) is 31.2 Å². The van der Waals surface area contributed by atoms with E-state index in [1.807, 2.05) is 60.7 Å². The lowest BCUT2D eigenvalue weighted by Gasteiger charge is -2.12. The van der Waals surface area contributed by atoms with Crippen LogP contribution in [0.5, 0.6) is 0 Å². The SMILES string of the molecule is Cl.Cl.NC(CC(=O)NCCCNc1ccccc1)c1ccccc1. The first-order valence-electron chi connectivity index (χ1n) is 7.62. The highest BCUT2D eigenvalue weighted by molar-refractivity contribution is 5.85. The van der Waals surface area contributed by atoms with Crippen LogP contribution in [0.3, 0.4) is 0 Å². The molecule has 2 rings (SSSR count). The third-order valence-corrected chi connectivity index (χ3v) is 3.41. The number of hydrogen-bond donors (Lipinski definition) is 3. The van der Waals surface area contributed by atoms with E-state index in [2.05, 4.69) is 10.6 Å². The molecule has 0 radical (unpaired) electrons. The van der Waals surface area contributed by atoms with E-state index in [0.29, 0.717) is 13.0 Å². The van der Waals surface area contributed by atoms with Crippen LogP contribution in [0.4, 0.5) is 5.69 Å². The van der Waals surface area contributed by atoms with Crippen molar-refractivity contribution in [3.63, 3.8) is 0 Å². The van der Waals surface area contributed by atoms with Gasteiger partial charge in [0.2, 0.25) is 5.91 Å². The maximum Gasteiger partial charge on any atom is 0.221 e. The summed E-state index contributed by atoms with van der Waals surface area (Å²) in [5.41, 5.74) is 8.12. The lowest BCUT2D eigenvalue weighted by atomic mass is 10.0. The number of carbonyl (C=O) groups excluding carboxylic acids is 1. The molecule has 0 aliphatic carbocycles. The zero-order valence-electron chi connectivity index (χ0n) is 13.5. The zero-order chi connectivity index (χ0) is 15.6. The average Bonchev–Trinajstić information content (AvgIpc) is 2.56. The second-order valence-corrected chi connectivity index (χ2v) is 5.22. The van der Waals surface area contributed by atoms with Gasteiger partial charge in [-0.25, -0.2) is 0 Å². The summed E-state index contributed by atoms with van der Waals surface area (Å²) in [6, 6.07) is 19.5. The molecule has 0 fully saturated rings. The van der Waals surface area contributed by atoms with Crippen molar-refractivity contribution in [2.24, 2.45) is 5.73 Å². The van der Waals surface area contributed by atoms with E-state index in [4.69, 9.17) is 5.73 Å². The second-order valence-electron chi connectivity index (χ2n) is 5.22. The van der Waals surface area contributed by atoms with Crippen molar-refractivity contribution in [3.8, 4) is 0 Å². The van der Waals surface area contributed by atoms with Gasteiger partial charge in [-0.05, 0) is 24.1 Å². The molecular formula is C18H25Cl2N3O. The van der Waals surface area contributed by atoms with Crippen molar-refractivity contribution < 1.29 is 4.79 Å². The summed E-state index contributed by atoms with van der Waals surface area (Å²) in [5, 5.41) is 6.22. The highest BCUT2D eigenvalue weighted by Crippen LogP contribution is 2.12. The molecule has 6 heteroatoms. The van der Waals surface area contributed by atoms with Gasteiger partial charge in [-0.1, -0.05) is 48.5 Å². The van der Waals surface area contributed by atoms with Crippen LogP contribution < -0.4 is 16.4 Å². The van der Waals surface area contributed by atoms with Gasteiger partial charge in [-0.15, -0.1) is 24.8 Å². The molecule has 0 saturated heterocycles. The molecule has 0 saturated carbocycles. The Labute approximate surface area is 156 Å². The van der Waals surface area contributed by atoms with Crippen LogP contribution in [0.2, 0.25) is 0 Å². The summed E-state index contributed by atoms with van der Waals surface area (Å²) < 4.78 is 0. The summed E-state index contributed by atoms with van der Waals surface area (Å²) in [7, 11) is 0. The second kappa shape index (κ2) is 12.6. The number of rotatable bonds is 8. The topological polar surface area (TPSA) is 67.2 Å². The van der Waals surface area contributed by atoms with Gasteiger partial charge in [-0.2, -0.15) is 0 Å². The Kier molecular flexibility index (Phi) is 11.7. The number of nitrogens with two attached hydrogens (primary N) is 1. The van der Waals surface area contributed by atoms with E-state index in [-0.39, 0.29) is 36.8 Å². The maximum atomic E-state index is 11.8. The Bertz CT molecular complexity index is 567. The number of para-hydroxylation sites is 1. The van der Waals surface area contributed by atoms with Crippen molar-refractivity contribution in [3.05, 3.63) is 66.2 Å². The molecule has 1 atom stereocenters. The van der Waals surface area contributed by atoms with E-state index >= 15 is 0 Å². The van der Waals surface area contributed by atoms with Gasteiger partial charge >= 0.3 is 0 Å². The lowest BCUT2D eigenvalue weighted by Crippen LogP contribution is -2.29. The summed E-state index contributed by atoms with van der Waals surface area (Å²) in [6.07, 6.45) is 1.19. The molecule has 132 valence electrons. The first-order chi connectivity index (χ1) is 10.8. The number of carbonyl (C=O) groups is 1. The molecule has 0 aromatic heterocycles. The molecule has 4 N–H and O–H groups in total. The van der Waals surface area contributed by atoms with E-state index < -0.39 is 0 Å². The van der Waals surface area contributed by atoms with Gasteiger partial charge in [-0.3, -0.25) is 4.79 Å². The van der Waals surface area contributed by atoms with Gasteiger partial charge in [0.15, 0.2) is 0 Å². The standard InChI is InChI=1S/C18H23N3O.2ClH/c19-17(15-8-3-1-4-9-15)14-18(22)21-13-7-12-20-16-10-5-2-6-11-16;;/h1-6,8-11,17,20H,7,12-14,19H2,(H,21,22);2*1H. The Morgan fingerprint density at radius 2 is 1.50 bits per heavy atom. The summed E-state index contributed by atoms with van der Waals surface area (Å²) in [5.74, 6) is -0.00364. The summed E-state index contributed by atoms with van der Waals surface area (Å²) in [4.78, 5) is 11.8. The Morgan fingerprint density at radius 1 is 0.917 bits per heavy atom. The number of amides is 1. The van der Waals surface area contributed by atoms with Crippen molar-refractivity contribution >= 4 is 36.4 Å². The monoisotopic (exact) mass is 369 g/mol. The largest absolute Gasteiger partial charge is 0.385 e. The molecule has 24 heavy (non-hydrogen) atoms. The highest BCUT2D eigenvalue weighted by Gasteiger charge is 2.10. The molecule has 1 amide bonds. The van der Waals surface area contributed by atoms with E-state index in [1.54, 1.807) is 0 Å². The van der Waals surface area contributed by atoms with E-state index in [0.717, 1.165) is 24.2 Å². The molecule has 0 heterocycles. The maximum absolute atomic E-state index is 11.8. The fourth-order valence-corrected chi connectivity index (χ4v) is 2.19. The van der Waals surface area contributed by atoms with Crippen LogP contribution in [0.15, 0.2) is 60.7 Å². The minimum absolute atomic E-state index is 0. The fraction of sp³-hybridized carbons (Fsp3) is 0.278. The van der Waals surface area contributed by atoms with Gasteiger partial charge in [0.25, 0.3) is 0 Å². The first-order valence-corrected chi connectivity index (χ1v) is 7.62. The molecule has 0 aliphatic rings. The van der Waals surface area contributed by atoms with Crippen LogP contribution in [0.1, 0.15) is 24.4 Å². The zero-order valence-corrected chi connectivity index (χ0v) is 15.1. The minimum Gasteiger partial charge on any atom is -0.385 e. The Morgan fingerprint density at radius 3 is 2.12 bits per heavy atom. The van der Waals surface area contributed by atoms with Crippen LogP contribution in [-0.4, -0.2) is 19.0 Å². The quantitative estimate of drug-likeness (QED) is 0.623. The van der Waals surface area contributed by atoms with E-state index in [1.165, 1.54) is 0 Å². The number of benzene rings is 2.